The molecule has 4 rings (SSSR count). The molecular formula is C28H30N2O9. The fourth-order valence-electron chi connectivity index (χ4n) is 4.18. The van der Waals surface area contributed by atoms with Gasteiger partial charge in [0.15, 0.2) is 0 Å². The fraction of sp³-hybridized carbons (Fsp3) is 0.393. The van der Waals surface area contributed by atoms with E-state index in [-0.39, 0.29) is 19.3 Å². The minimum atomic E-state index is -2.26. The van der Waals surface area contributed by atoms with Crippen molar-refractivity contribution >= 4 is 29.7 Å². The number of esters is 3. The van der Waals surface area contributed by atoms with Gasteiger partial charge in [0.25, 0.3) is 5.91 Å². The summed E-state index contributed by atoms with van der Waals surface area (Å²) in [5, 5.41) is 3.37. The molecule has 0 spiro atoms. The lowest BCUT2D eigenvalue weighted by Crippen LogP contribution is -2.57. The van der Waals surface area contributed by atoms with E-state index >= 15 is 0 Å². The second-order valence-corrected chi connectivity index (χ2v) is 10.3. The van der Waals surface area contributed by atoms with Crippen molar-refractivity contribution in [1.82, 2.24) is 10.4 Å². The third kappa shape index (κ3) is 6.09. The molecule has 1 N–H and O–H groups in total. The van der Waals surface area contributed by atoms with Crippen LogP contribution in [0.5, 0.6) is 0 Å². The molecule has 0 bridgehead atoms. The van der Waals surface area contributed by atoms with Crippen LogP contribution in [-0.2, 0) is 49.4 Å². The van der Waals surface area contributed by atoms with Crippen LogP contribution in [0, 0.1) is 5.41 Å². The van der Waals surface area contributed by atoms with Crippen LogP contribution in [0.1, 0.15) is 50.8 Å². The van der Waals surface area contributed by atoms with Crippen molar-refractivity contribution in [2.75, 3.05) is 6.79 Å². The summed E-state index contributed by atoms with van der Waals surface area (Å²) in [6.45, 7) is 4.13. The standard InChI is InChI=1S/C28H30N2O9/c1-27(2,3)25(34)36-17-37-26(35)28(15-14-21(32)38-28)30-24(33)22(23(39-30)19-12-8-5-9-13-19)29-20(31)16-18-10-6-4-7-11-18/h4-13,22-23H,14-17H2,1-3H3,(H,29,31). The van der Waals surface area contributed by atoms with E-state index < -0.39 is 59.8 Å². The number of hydrogen-bond donors (Lipinski definition) is 1. The highest BCUT2D eigenvalue weighted by atomic mass is 16.8. The molecule has 3 atom stereocenters. The van der Waals surface area contributed by atoms with Crippen LogP contribution in [0.4, 0.5) is 0 Å². The van der Waals surface area contributed by atoms with E-state index in [1.165, 1.54) is 0 Å². The lowest BCUT2D eigenvalue weighted by Gasteiger charge is -2.32. The van der Waals surface area contributed by atoms with E-state index in [1.807, 2.05) is 6.07 Å². The van der Waals surface area contributed by atoms with Gasteiger partial charge < -0.3 is 19.5 Å². The highest BCUT2D eigenvalue weighted by Crippen LogP contribution is 2.40. The van der Waals surface area contributed by atoms with Gasteiger partial charge in [0.1, 0.15) is 12.1 Å². The van der Waals surface area contributed by atoms with Crippen LogP contribution in [0.3, 0.4) is 0 Å². The van der Waals surface area contributed by atoms with E-state index in [9.17, 15) is 24.0 Å². The maximum absolute atomic E-state index is 13.7. The first-order valence-corrected chi connectivity index (χ1v) is 12.5. The molecule has 0 aromatic heterocycles. The van der Waals surface area contributed by atoms with Gasteiger partial charge in [-0.3, -0.25) is 24.0 Å². The van der Waals surface area contributed by atoms with Crippen molar-refractivity contribution in [3.05, 3.63) is 71.8 Å². The van der Waals surface area contributed by atoms with Crippen molar-refractivity contribution in [3.8, 4) is 0 Å². The number of benzene rings is 2. The molecule has 2 heterocycles. The fourth-order valence-corrected chi connectivity index (χ4v) is 4.18. The van der Waals surface area contributed by atoms with Crippen LogP contribution >= 0.6 is 0 Å². The zero-order valence-electron chi connectivity index (χ0n) is 21.9. The zero-order chi connectivity index (χ0) is 28.2. The predicted octanol–water partition coefficient (Wildman–Crippen LogP) is 2.35. The maximum atomic E-state index is 13.7. The first-order chi connectivity index (χ1) is 18.5. The van der Waals surface area contributed by atoms with Crippen molar-refractivity contribution in [1.29, 1.82) is 0 Å². The molecule has 2 aliphatic heterocycles. The van der Waals surface area contributed by atoms with Crippen molar-refractivity contribution in [2.45, 2.75) is 57.9 Å². The Labute approximate surface area is 225 Å². The normalized spacial score (nSPS) is 22.8. The Morgan fingerprint density at radius 3 is 2.23 bits per heavy atom. The van der Waals surface area contributed by atoms with E-state index in [0.717, 1.165) is 5.56 Å². The monoisotopic (exact) mass is 538 g/mol. The number of nitrogens with zero attached hydrogens (tertiary/aromatic N) is 1. The first kappa shape index (κ1) is 27.8. The van der Waals surface area contributed by atoms with Crippen molar-refractivity contribution < 1.29 is 43.0 Å². The summed E-state index contributed by atoms with van der Waals surface area (Å²) in [7, 11) is 0. The third-order valence-corrected chi connectivity index (χ3v) is 6.23. The molecule has 2 aromatic rings. The summed E-state index contributed by atoms with van der Waals surface area (Å²) in [6, 6.07) is 16.4. The van der Waals surface area contributed by atoms with E-state index in [4.69, 9.17) is 19.0 Å². The molecule has 2 amide bonds. The zero-order valence-corrected chi connectivity index (χ0v) is 21.9. The average Bonchev–Trinajstić information content (AvgIpc) is 3.45. The molecule has 0 radical (unpaired) electrons. The van der Waals surface area contributed by atoms with Gasteiger partial charge >= 0.3 is 23.6 Å². The summed E-state index contributed by atoms with van der Waals surface area (Å²) in [5.41, 5.74) is -1.81. The molecule has 2 aliphatic rings. The lowest BCUT2D eigenvalue weighted by molar-refractivity contribution is -0.274. The number of hydrogen-bond acceptors (Lipinski definition) is 9. The van der Waals surface area contributed by atoms with E-state index in [1.54, 1.807) is 75.4 Å². The minimum absolute atomic E-state index is 0.00739. The lowest BCUT2D eigenvalue weighted by atomic mass is 9.98. The molecule has 39 heavy (non-hydrogen) atoms. The van der Waals surface area contributed by atoms with Gasteiger partial charge in [0.2, 0.25) is 12.7 Å². The summed E-state index contributed by atoms with van der Waals surface area (Å²) >= 11 is 0. The van der Waals surface area contributed by atoms with Crippen LogP contribution in [0.2, 0.25) is 0 Å². The maximum Gasteiger partial charge on any atom is 0.377 e. The second kappa shape index (κ2) is 11.2. The van der Waals surface area contributed by atoms with Gasteiger partial charge in [-0.1, -0.05) is 60.7 Å². The number of amides is 2. The summed E-state index contributed by atoms with van der Waals surface area (Å²) < 4.78 is 15.5. The topological polar surface area (TPSA) is 138 Å². The van der Waals surface area contributed by atoms with Gasteiger partial charge in [-0.15, -0.1) is 0 Å². The van der Waals surface area contributed by atoms with Gasteiger partial charge in [-0.05, 0) is 31.9 Å². The molecular weight excluding hydrogens is 508 g/mol. The highest BCUT2D eigenvalue weighted by Gasteiger charge is 2.62. The molecule has 0 aliphatic carbocycles. The predicted molar refractivity (Wildman–Crippen MR) is 134 cm³/mol. The van der Waals surface area contributed by atoms with Crippen LogP contribution in [0.15, 0.2) is 60.7 Å². The molecule has 2 aromatic carbocycles. The smallest absolute Gasteiger partial charge is 0.377 e. The number of cyclic esters (lactones) is 1. The number of nitrogens with one attached hydrogen (secondary N) is 1. The average molecular weight is 539 g/mol. The van der Waals surface area contributed by atoms with Crippen LogP contribution < -0.4 is 5.32 Å². The summed E-state index contributed by atoms with van der Waals surface area (Å²) in [4.78, 5) is 70.0. The molecule has 206 valence electrons. The third-order valence-electron chi connectivity index (χ3n) is 6.23. The Bertz CT molecular complexity index is 1240. The Kier molecular flexibility index (Phi) is 8.01. The summed E-state index contributed by atoms with van der Waals surface area (Å²) in [5.74, 6) is -3.76. The van der Waals surface area contributed by atoms with Crippen molar-refractivity contribution in [2.24, 2.45) is 5.41 Å². The highest BCUT2D eigenvalue weighted by molar-refractivity contribution is 5.95. The van der Waals surface area contributed by atoms with Crippen LogP contribution in [0.25, 0.3) is 0 Å². The molecule has 3 unspecified atom stereocenters. The van der Waals surface area contributed by atoms with Gasteiger partial charge in [0, 0.05) is 6.42 Å². The van der Waals surface area contributed by atoms with E-state index in [2.05, 4.69) is 5.32 Å². The number of carbonyl (C=O) groups excluding carboxylic acids is 5. The Morgan fingerprint density at radius 2 is 1.64 bits per heavy atom. The molecule has 11 heteroatoms. The number of ether oxygens (including phenoxy) is 3. The Morgan fingerprint density at radius 1 is 1.00 bits per heavy atom. The number of hydroxylamine groups is 2. The molecule has 0 saturated carbocycles. The Hall–Kier alpha value is -4.25. The van der Waals surface area contributed by atoms with Gasteiger partial charge in [-0.25, -0.2) is 4.79 Å². The molecule has 2 fully saturated rings. The largest absolute Gasteiger partial charge is 0.427 e. The van der Waals surface area contributed by atoms with Gasteiger partial charge in [-0.2, -0.15) is 5.06 Å². The number of carbonyl (C=O) groups is 5. The second-order valence-electron chi connectivity index (χ2n) is 10.3. The quantitative estimate of drug-likeness (QED) is 0.397. The van der Waals surface area contributed by atoms with Gasteiger partial charge in [0.05, 0.1) is 18.3 Å². The Balaban J connectivity index is 1.57. The summed E-state index contributed by atoms with van der Waals surface area (Å²) in [6.07, 6.45) is -1.46. The molecule has 11 nitrogen and oxygen atoms in total. The SMILES string of the molecule is CC(C)(C)C(=O)OCOC(=O)C1(N2OC(c3ccccc3)C(NC(=O)Cc3ccccc3)C2=O)CCC(=O)O1. The van der Waals surface area contributed by atoms with Crippen molar-refractivity contribution in [3.63, 3.8) is 0 Å². The number of rotatable bonds is 8. The first-order valence-electron chi connectivity index (χ1n) is 12.5. The van der Waals surface area contributed by atoms with E-state index in [0.29, 0.717) is 10.6 Å². The molecule has 2 saturated heterocycles. The minimum Gasteiger partial charge on any atom is -0.427 e. The van der Waals surface area contributed by atoms with Crippen LogP contribution in [-0.4, -0.2) is 53.3 Å².